The maximum atomic E-state index is 12.0. The van der Waals surface area contributed by atoms with Crippen molar-refractivity contribution in [2.45, 2.75) is 33.2 Å². The van der Waals surface area contributed by atoms with Gasteiger partial charge in [-0.3, -0.25) is 4.79 Å². The molecule has 1 amide bonds. The Balaban J connectivity index is 2.81. The van der Waals surface area contributed by atoms with E-state index in [0.29, 0.717) is 17.7 Å². The van der Waals surface area contributed by atoms with Gasteiger partial charge in [0.15, 0.2) is 0 Å². The van der Waals surface area contributed by atoms with Crippen molar-refractivity contribution in [2.75, 3.05) is 5.73 Å². The number of carboxylic acid groups (broad SMARTS) is 1. The van der Waals surface area contributed by atoms with Crippen LogP contribution >= 0.6 is 0 Å². The average Bonchev–Trinajstić information content (AvgIpc) is 2.31. The first-order valence-corrected chi connectivity index (χ1v) is 6.21. The SMILES string of the molecule is Cc1ccc(C(=O)N[C@H](CC(C)C)C(=O)O)cc1N. The molecule has 0 saturated heterocycles. The van der Waals surface area contributed by atoms with E-state index in [-0.39, 0.29) is 5.92 Å². The summed E-state index contributed by atoms with van der Waals surface area (Å²) in [5.74, 6) is -1.26. The molecule has 0 unspecified atom stereocenters. The largest absolute Gasteiger partial charge is 0.480 e. The highest BCUT2D eigenvalue weighted by molar-refractivity contribution is 5.97. The van der Waals surface area contributed by atoms with Crippen LogP contribution in [0.15, 0.2) is 18.2 Å². The molecule has 0 aromatic heterocycles. The lowest BCUT2D eigenvalue weighted by Gasteiger charge is -2.16. The summed E-state index contributed by atoms with van der Waals surface area (Å²) < 4.78 is 0. The second-order valence-corrected chi connectivity index (χ2v) is 5.07. The van der Waals surface area contributed by atoms with Crippen molar-refractivity contribution in [1.82, 2.24) is 5.32 Å². The Morgan fingerprint density at radius 3 is 2.47 bits per heavy atom. The molecule has 1 atom stereocenters. The van der Waals surface area contributed by atoms with Crippen LogP contribution in [0.4, 0.5) is 5.69 Å². The molecule has 0 aliphatic carbocycles. The summed E-state index contributed by atoms with van der Waals surface area (Å²) in [6.07, 6.45) is 0.391. The van der Waals surface area contributed by atoms with Gasteiger partial charge < -0.3 is 16.2 Å². The van der Waals surface area contributed by atoms with Crippen LogP contribution in [0.2, 0.25) is 0 Å². The van der Waals surface area contributed by atoms with Gasteiger partial charge in [0.2, 0.25) is 0 Å². The molecule has 5 nitrogen and oxygen atoms in total. The fourth-order valence-electron chi connectivity index (χ4n) is 1.72. The highest BCUT2D eigenvalue weighted by atomic mass is 16.4. The Bertz CT molecular complexity index is 484. The third-order valence-corrected chi connectivity index (χ3v) is 2.85. The summed E-state index contributed by atoms with van der Waals surface area (Å²) in [6.45, 7) is 5.66. The Morgan fingerprint density at radius 2 is 2.00 bits per heavy atom. The highest BCUT2D eigenvalue weighted by Crippen LogP contribution is 2.13. The minimum atomic E-state index is -1.03. The van der Waals surface area contributed by atoms with Crippen molar-refractivity contribution < 1.29 is 14.7 Å². The summed E-state index contributed by atoms with van der Waals surface area (Å²) in [5.41, 5.74) is 7.51. The molecule has 0 fully saturated rings. The number of carbonyl (C=O) groups is 2. The zero-order chi connectivity index (χ0) is 14.6. The van der Waals surface area contributed by atoms with Gasteiger partial charge in [-0.2, -0.15) is 0 Å². The second-order valence-electron chi connectivity index (χ2n) is 5.07. The first-order chi connectivity index (χ1) is 8.81. The zero-order valence-electron chi connectivity index (χ0n) is 11.4. The van der Waals surface area contributed by atoms with Gasteiger partial charge in [-0.15, -0.1) is 0 Å². The number of nitrogens with one attached hydrogen (secondary N) is 1. The predicted molar refractivity (Wildman–Crippen MR) is 73.9 cm³/mol. The molecule has 0 heterocycles. The van der Waals surface area contributed by atoms with E-state index in [0.717, 1.165) is 5.56 Å². The number of nitrogen functional groups attached to an aromatic ring is 1. The summed E-state index contributed by atoms with van der Waals surface area (Å²) in [5, 5.41) is 11.6. The molecule has 0 saturated carbocycles. The van der Waals surface area contributed by atoms with Gasteiger partial charge in [0.25, 0.3) is 5.91 Å². The molecule has 0 radical (unpaired) electrons. The maximum Gasteiger partial charge on any atom is 0.326 e. The van der Waals surface area contributed by atoms with Gasteiger partial charge in [0.05, 0.1) is 0 Å². The van der Waals surface area contributed by atoms with Crippen molar-refractivity contribution in [3.8, 4) is 0 Å². The molecule has 4 N–H and O–H groups in total. The van der Waals surface area contributed by atoms with Crippen LogP contribution in [-0.4, -0.2) is 23.0 Å². The number of aryl methyl sites for hydroxylation is 1. The number of benzene rings is 1. The monoisotopic (exact) mass is 264 g/mol. The van der Waals surface area contributed by atoms with Crippen molar-refractivity contribution in [3.63, 3.8) is 0 Å². The molecular weight excluding hydrogens is 244 g/mol. The van der Waals surface area contributed by atoms with E-state index in [1.54, 1.807) is 18.2 Å². The quantitative estimate of drug-likeness (QED) is 0.707. The van der Waals surface area contributed by atoms with Gasteiger partial charge in [-0.1, -0.05) is 19.9 Å². The summed E-state index contributed by atoms with van der Waals surface area (Å²) in [4.78, 5) is 23.1. The standard InChI is InChI=1S/C14H20N2O3/c1-8(2)6-12(14(18)19)16-13(17)10-5-4-9(3)11(15)7-10/h4-5,7-8,12H,6,15H2,1-3H3,(H,16,17)(H,18,19)/t12-/m1/s1. The van der Waals surface area contributed by atoms with Gasteiger partial charge in [0, 0.05) is 11.3 Å². The number of hydrogen-bond acceptors (Lipinski definition) is 3. The Morgan fingerprint density at radius 1 is 1.37 bits per heavy atom. The molecule has 5 heteroatoms. The summed E-state index contributed by atoms with van der Waals surface area (Å²) >= 11 is 0. The Kier molecular flexibility index (Phi) is 4.92. The molecule has 0 bridgehead atoms. The van der Waals surface area contributed by atoms with E-state index in [2.05, 4.69) is 5.32 Å². The average molecular weight is 264 g/mol. The van der Waals surface area contributed by atoms with Gasteiger partial charge in [0.1, 0.15) is 6.04 Å². The third kappa shape index (κ3) is 4.28. The Labute approximate surface area is 112 Å². The normalized spacial score (nSPS) is 12.2. The number of aliphatic carboxylic acids is 1. The van der Waals surface area contributed by atoms with Crippen LogP contribution in [0.3, 0.4) is 0 Å². The molecule has 104 valence electrons. The summed E-state index contributed by atoms with van der Waals surface area (Å²) in [7, 11) is 0. The predicted octanol–water partition coefficient (Wildman–Crippen LogP) is 1.81. The Hall–Kier alpha value is -2.04. The number of nitrogens with two attached hydrogens (primary N) is 1. The van der Waals surface area contributed by atoms with Gasteiger partial charge >= 0.3 is 5.97 Å². The van der Waals surface area contributed by atoms with Crippen molar-refractivity contribution >= 4 is 17.6 Å². The maximum absolute atomic E-state index is 12.0. The van der Waals surface area contributed by atoms with E-state index in [9.17, 15) is 9.59 Å². The van der Waals surface area contributed by atoms with Crippen LogP contribution in [0, 0.1) is 12.8 Å². The highest BCUT2D eigenvalue weighted by Gasteiger charge is 2.21. The van der Waals surface area contributed by atoms with E-state index >= 15 is 0 Å². The van der Waals surface area contributed by atoms with Gasteiger partial charge in [-0.25, -0.2) is 4.79 Å². The number of hydrogen-bond donors (Lipinski definition) is 3. The van der Waals surface area contributed by atoms with E-state index in [1.807, 2.05) is 20.8 Å². The van der Waals surface area contributed by atoms with E-state index in [1.165, 1.54) is 0 Å². The number of rotatable bonds is 5. The van der Waals surface area contributed by atoms with Crippen molar-refractivity contribution in [3.05, 3.63) is 29.3 Å². The minimum absolute atomic E-state index is 0.185. The molecule has 0 aliphatic heterocycles. The molecule has 19 heavy (non-hydrogen) atoms. The number of carbonyl (C=O) groups excluding carboxylic acids is 1. The number of carboxylic acids is 1. The molecule has 1 aromatic carbocycles. The first kappa shape index (κ1) is 15.0. The molecule has 0 spiro atoms. The van der Waals surface area contributed by atoms with Crippen LogP contribution in [0.1, 0.15) is 36.2 Å². The number of amides is 1. The zero-order valence-corrected chi connectivity index (χ0v) is 11.4. The van der Waals surface area contributed by atoms with Crippen molar-refractivity contribution in [2.24, 2.45) is 5.92 Å². The lowest BCUT2D eigenvalue weighted by atomic mass is 10.0. The third-order valence-electron chi connectivity index (χ3n) is 2.85. The summed E-state index contributed by atoms with van der Waals surface area (Å²) in [6, 6.07) is 4.05. The molecule has 0 aliphatic rings. The van der Waals surface area contributed by atoms with E-state index < -0.39 is 17.9 Å². The van der Waals surface area contributed by atoms with Crippen LogP contribution in [-0.2, 0) is 4.79 Å². The second kappa shape index (κ2) is 6.22. The van der Waals surface area contributed by atoms with Crippen LogP contribution in [0.25, 0.3) is 0 Å². The van der Waals surface area contributed by atoms with Crippen LogP contribution in [0.5, 0.6) is 0 Å². The van der Waals surface area contributed by atoms with Crippen LogP contribution < -0.4 is 11.1 Å². The van der Waals surface area contributed by atoms with Gasteiger partial charge in [-0.05, 0) is 37.0 Å². The van der Waals surface area contributed by atoms with E-state index in [4.69, 9.17) is 10.8 Å². The lowest BCUT2D eigenvalue weighted by molar-refractivity contribution is -0.139. The first-order valence-electron chi connectivity index (χ1n) is 6.21. The molecular formula is C14H20N2O3. The lowest BCUT2D eigenvalue weighted by Crippen LogP contribution is -2.41. The topological polar surface area (TPSA) is 92.4 Å². The smallest absolute Gasteiger partial charge is 0.326 e. The fraction of sp³-hybridized carbons (Fsp3) is 0.429. The minimum Gasteiger partial charge on any atom is -0.480 e. The van der Waals surface area contributed by atoms with Crippen molar-refractivity contribution in [1.29, 1.82) is 0 Å². The molecule has 1 rings (SSSR count). The molecule has 1 aromatic rings. The fourth-order valence-corrected chi connectivity index (χ4v) is 1.72. The number of anilines is 1.